The van der Waals surface area contributed by atoms with Crippen molar-refractivity contribution in [3.05, 3.63) is 114 Å². The topological polar surface area (TPSA) is 9.23 Å². The Kier molecular flexibility index (Phi) is 8.03. The monoisotopic (exact) mass is 382 g/mol. The van der Waals surface area contributed by atoms with E-state index in [-0.39, 0.29) is 0 Å². The summed E-state index contributed by atoms with van der Waals surface area (Å²) in [6.07, 6.45) is 7.97. The second-order valence-electron chi connectivity index (χ2n) is 7.32. The molecular weight excluding hydrogens is 352 g/mol. The molecule has 0 fully saturated rings. The molecule has 0 aliphatic carbocycles. The summed E-state index contributed by atoms with van der Waals surface area (Å²) < 4.78 is 5.71. The van der Waals surface area contributed by atoms with Crippen LogP contribution in [0.5, 0.6) is 0 Å². The maximum Gasteiger partial charge on any atom is 0.0716 e. The van der Waals surface area contributed by atoms with E-state index in [9.17, 15) is 0 Å². The van der Waals surface area contributed by atoms with Gasteiger partial charge in [0.05, 0.1) is 6.61 Å². The van der Waals surface area contributed by atoms with Crippen molar-refractivity contribution >= 4 is 6.08 Å². The maximum absolute atomic E-state index is 5.71. The Morgan fingerprint density at radius 1 is 0.655 bits per heavy atom. The Balaban J connectivity index is 1.51. The Morgan fingerprint density at radius 2 is 1.17 bits per heavy atom. The van der Waals surface area contributed by atoms with Crippen LogP contribution in [0.25, 0.3) is 17.2 Å². The van der Waals surface area contributed by atoms with Crippen LogP contribution in [0.4, 0.5) is 0 Å². The van der Waals surface area contributed by atoms with Crippen molar-refractivity contribution in [3.8, 4) is 11.1 Å². The second-order valence-corrected chi connectivity index (χ2v) is 7.32. The number of unbranched alkanes of at least 4 members (excludes halogenated alkanes) is 1. The predicted octanol–water partition coefficient (Wildman–Crippen LogP) is 7.26. The van der Waals surface area contributed by atoms with Crippen LogP contribution in [-0.2, 0) is 24.2 Å². The minimum atomic E-state index is 0.671. The Hall–Kier alpha value is -2.90. The summed E-state index contributed by atoms with van der Waals surface area (Å²) in [7, 11) is 0. The van der Waals surface area contributed by atoms with Gasteiger partial charge in [-0.3, -0.25) is 0 Å². The first-order valence-electron chi connectivity index (χ1n) is 10.4. The molecule has 0 atom stereocenters. The van der Waals surface area contributed by atoms with E-state index in [1.807, 2.05) is 12.2 Å². The van der Waals surface area contributed by atoms with Gasteiger partial charge in [0.2, 0.25) is 0 Å². The van der Waals surface area contributed by atoms with E-state index < -0.39 is 0 Å². The number of allylic oxidation sites excluding steroid dienone is 1. The molecule has 0 radical (unpaired) electrons. The fourth-order valence-electron chi connectivity index (χ4n) is 3.29. The van der Waals surface area contributed by atoms with E-state index in [0.717, 1.165) is 32.3 Å². The van der Waals surface area contributed by atoms with E-state index in [1.54, 1.807) is 0 Å². The molecule has 0 aliphatic heterocycles. The van der Waals surface area contributed by atoms with E-state index in [1.165, 1.54) is 33.4 Å². The van der Waals surface area contributed by atoms with Crippen LogP contribution >= 0.6 is 0 Å². The van der Waals surface area contributed by atoms with Gasteiger partial charge >= 0.3 is 0 Å². The van der Waals surface area contributed by atoms with Gasteiger partial charge in [-0.05, 0) is 59.1 Å². The Morgan fingerprint density at radius 3 is 1.69 bits per heavy atom. The van der Waals surface area contributed by atoms with Crippen LogP contribution in [0.15, 0.2) is 92.0 Å². The van der Waals surface area contributed by atoms with E-state index >= 15 is 0 Å². The molecule has 3 aromatic carbocycles. The van der Waals surface area contributed by atoms with Crippen LogP contribution in [0.2, 0.25) is 0 Å². The van der Waals surface area contributed by atoms with Crippen LogP contribution in [0.1, 0.15) is 35.1 Å². The second kappa shape index (κ2) is 11.2. The third-order valence-corrected chi connectivity index (χ3v) is 5.12. The number of hydrogen-bond acceptors (Lipinski definition) is 1. The zero-order valence-electron chi connectivity index (χ0n) is 17.1. The third kappa shape index (κ3) is 6.58. The van der Waals surface area contributed by atoms with Crippen molar-refractivity contribution in [2.24, 2.45) is 0 Å². The molecule has 29 heavy (non-hydrogen) atoms. The summed E-state index contributed by atoms with van der Waals surface area (Å²) in [6.45, 7) is 8.99. The van der Waals surface area contributed by atoms with Crippen molar-refractivity contribution in [2.45, 2.75) is 32.3 Å². The maximum atomic E-state index is 5.71. The minimum absolute atomic E-state index is 0.671. The molecule has 0 bridgehead atoms. The first-order valence-corrected chi connectivity index (χ1v) is 10.4. The third-order valence-electron chi connectivity index (χ3n) is 5.12. The summed E-state index contributed by atoms with van der Waals surface area (Å²) >= 11 is 0. The highest BCUT2D eigenvalue weighted by Gasteiger charge is 2.01. The number of ether oxygens (including phenoxy) is 1. The molecule has 0 amide bonds. The lowest BCUT2D eigenvalue weighted by atomic mass is 9.99. The fraction of sp³-hybridized carbons (Fsp3) is 0.214. The summed E-state index contributed by atoms with van der Waals surface area (Å²) in [4.78, 5) is 0. The number of hydrogen-bond donors (Lipinski definition) is 0. The molecule has 0 aliphatic rings. The first-order chi connectivity index (χ1) is 14.3. The molecule has 0 N–H and O–H groups in total. The van der Waals surface area contributed by atoms with Gasteiger partial charge in [-0.15, -0.1) is 6.58 Å². The average molecular weight is 383 g/mol. The standard InChI is InChI=1S/C28H30O/c1-3-5-6-21-29-22-26-15-19-28(20-16-26)27-17-13-25(14-18-27)12-11-24-9-7-23(4-2)8-10-24/h3-4,7-10,13-20H,1-2,5-6,11-12,21-22H2. The molecule has 0 saturated carbocycles. The molecule has 3 rings (SSSR count). The Bertz CT molecular complexity index is 887. The van der Waals surface area contributed by atoms with Gasteiger partial charge in [-0.2, -0.15) is 0 Å². The summed E-state index contributed by atoms with van der Waals surface area (Å²) in [5, 5.41) is 0. The van der Waals surface area contributed by atoms with Gasteiger partial charge in [-0.1, -0.05) is 91.5 Å². The molecule has 1 heteroatoms. The molecule has 0 heterocycles. The van der Waals surface area contributed by atoms with E-state index in [2.05, 4.69) is 86.0 Å². The van der Waals surface area contributed by atoms with E-state index in [4.69, 9.17) is 4.74 Å². The first kappa shape index (κ1) is 20.8. The summed E-state index contributed by atoms with van der Waals surface area (Å²) in [5.41, 5.74) is 7.61. The zero-order chi connectivity index (χ0) is 20.3. The molecule has 0 aromatic heterocycles. The summed E-state index contributed by atoms with van der Waals surface area (Å²) in [6, 6.07) is 26.2. The van der Waals surface area contributed by atoms with Crippen LogP contribution < -0.4 is 0 Å². The van der Waals surface area contributed by atoms with Crippen LogP contribution in [-0.4, -0.2) is 6.61 Å². The average Bonchev–Trinajstić information content (AvgIpc) is 2.79. The van der Waals surface area contributed by atoms with Crippen molar-refractivity contribution < 1.29 is 4.74 Å². The van der Waals surface area contributed by atoms with Crippen molar-refractivity contribution in [1.82, 2.24) is 0 Å². The SMILES string of the molecule is C=CCCCOCc1ccc(-c2ccc(CCc3ccc(C=C)cc3)cc2)cc1. The zero-order valence-corrected chi connectivity index (χ0v) is 17.1. The predicted molar refractivity (Wildman–Crippen MR) is 125 cm³/mol. The molecule has 148 valence electrons. The number of benzene rings is 3. The quantitative estimate of drug-likeness (QED) is 0.250. The summed E-state index contributed by atoms with van der Waals surface area (Å²) in [5.74, 6) is 0. The highest BCUT2D eigenvalue weighted by molar-refractivity contribution is 5.64. The van der Waals surface area contributed by atoms with Gasteiger partial charge in [0.25, 0.3) is 0 Å². The molecule has 3 aromatic rings. The number of rotatable bonds is 11. The van der Waals surface area contributed by atoms with Crippen molar-refractivity contribution in [2.75, 3.05) is 6.61 Å². The van der Waals surface area contributed by atoms with Gasteiger partial charge in [0, 0.05) is 6.61 Å². The van der Waals surface area contributed by atoms with Gasteiger partial charge in [-0.25, -0.2) is 0 Å². The lowest BCUT2D eigenvalue weighted by molar-refractivity contribution is 0.119. The fourth-order valence-corrected chi connectivity index (χ4v) is 3.29. The normalized spacial score (nSPS) is 10.6. The molecule has 0 unspecified atom stereocenters. The van der Waals surface area contributed by atoms with Gasteiger partial charge in [0.1, 0.15) is 0 Å². The number of aryl methyl sites for hydroxylation is 2. The smallest absolute Gasteiger partial charge is 0.0716 e. The molecule has 0 saturated heterocycles. The molecule has 1 nitrogen and oxygen atoms in total. The minimum Gasteiger partial charge on any atom is -0.377 e. The van der Waals surface area contributed by atoms with Crippen molar-refractivity contribution in [1.29, 1.82) is 0 Å². The van der Waals surface area contributed by atoms with E-state index in [0.29, 0.717) is 6.61 Å². The largest absolute Gasteiger partial charge is 0.377 e. The van der Waals surface area contributed by atoms with Gasteiger partial charge < -0.3 is 4.74 Å². The van der Waals surface area contributed by atoms with Gasteiger partial charge in [0.15, 0.2) is 0 Å². The lowest BCUT2D eigenvalue weighted by Gasteiger charge is -2.07. The molecule has 0 spiro atoms. The Labute approximate surface area is 175 Å². The highest BCUT2D eigenvalue weighted by Crippen LogP contribution is 2.21. The van der Waals surface area contributed by atoms with Crippen LogP contribution in [0, 0.1) is 0 Å². The lowest BCUT2D eigenvalue weighted by Crippen LogP contribution is -1.95. The van der Waals surface area contributed by atoms with Crippen molar-refractivity contribution in [3.63, 3.8) is 0 Å². The van der Waals surface area contributed by atoms with Crippen LogP contribution in [0.3, 0.4) is 0 Å². The molecular formula is C28H30O. The highest BCUT2D eigenvalue weighted by atomic mass is 16.5.